The molecule has 2 aromatic rings. The lowest BCUT2D eigenvalue weighted by Gasteiger charge is -2.10. The molecule has 0 atom stereocenters. The van der Waals surface area contributed by atoms with Gasteiger partial charge in [0.25, 0.3) is 5.62 Å². The van der Waals surface area contributed by atoms with Crippen LogP contribution in [0.5, 0.6) is 11.6 Å². The predicted molar refractivity (Wildman–Crippen MR) is 66.0 cm³/mol. The van der Waals surface area contributed by atoms with Crippen LogP contribution in [0.2, 0.25) is 0 Å². The van der Waals surface area contributed by atoms with Crippen LogP contribution in [-0.4, -0.2) is 14.9 Å². The maximum absolute atomic E-state index is 9.40. The monoisotopic (exact) mass is 245 g/mol. The summed E-state index contributed by atoms with van der Waals surface area (Å²) in [4.78, 5) is 3.85. The molecule has 0 spiro atoms. The van der Waals surface area contributed by atoms with E-state index in [9.17, 15) is 5.21 Å². The van der Waals surface area contributed by atoms with Crippen molar-refractivity contribution >= 4 is 0 Å². The number of nitrogens with zero attached hydrogens (tertiary/aromatic N) is 2. The minimum Gasteiger partial charge on any atom is -0.439 e. The van der Waals surface area contributed by atoms with Crippen molar-refractivity contribution in [1.29, 1.82) is 5.41 Å². The summed E-state index contributed by atoms with van der Waals surface area (Å²) in [5, 5.41) is 16.9. The van der Waals surface area contributed by atoms with E-state index in [-0.39, 0.29) is 5.62 Å². The summed E-state index contributed by atoms with van der Waals surface area (Å²) < 4.78 is 6.33. The third-order valence-electron chi connectivity index (χ3n) is 2.63. The van der Waals surface area contributed by atoms with Crippen LogP contribution < -0.4 is 10.4 Å². The van der Waals surface area contributed by atoms with Crippen molar-refractivity contribution in [3.63, 3.8) is 0 Å². The van der Waals surface area contributed by atoms with Crippen LogP contribution in [0.3, 0.4) is 0 Å². The Hall–Kier alpha value is -2.30. The molecule has 1 heterocycles. The zero-order valence-electron chi connectivity index (χ0n) is 10.6. The molecule has 0 amide bonds. The smallest absolute Gasteiger partial charge is 0.258 e. The van der Waals surface area contributed by atoms with Crippen molar-refractivity contribution in [2.45, 2.75) is 20.8 Å². The van der Waals surface area contributed by atoms with Gasteiger partial charge in [-0.1, -0.05) is 17.7 Å². The average Bonchev–Trinajstić information content (AvgIpc) is 2.29. The molecule has 0 radical (unpaired) electrons. The maximum atomic E-state index is 9.40. The van der Waals surface area contributed by atoms with Crippen LogP contribution in [0.4, 0.5) is 0 Å². The molecular formula is C13H15N3O2. The molecule has 0 aliphatic carbocycles. The second kappa shape index (κ2) is 4.52. The fraction of sp³-hybridized carbons (Fsp3) is 0.231. The second-order valence-electron chi connectivity index (χ2n) is 4.24. The largest absolute Gasteiger partial charge is 0.439 e. The van der Waals surface area contributed by atoms with Gasteiger partial charge in [-0.2, -0.15) is 9.71 Å². The normalized spacial score (nSPS) is 10.4. The van der Waals surface area contributed by atoms with Crippen LogP contribution in [0.15, 0.2) is 24.3 Å². The van der Waals surface area contributed by atoms with Crippen LogP contribution in [0, 0.1) is 26.2 Å². The standard InChI is InChI=1S/C13H15N3O2/c1-8-4-5-11(9(2)6-8)18-12-7-10(3)16(17)13(14)15-12/h4-7,14,17H,1-3H3. The van der Waals surface area contributed by atoms with Gasteiger partial charge < -0.3 is 9.94 Å². The Bertz CT molecular complexity index is 647. The van der Waals surface area contributed by atoms with E-state index in [0.717, 1.165) is 11.1 Å². The molecule has 2 rings (SSSR count). The Balaban J connectivity index is 2.37. The zero-order valence-corrected chi connectivity index (χ0v) is 10.6. The minimum absolute atomic E-state index is 0.255. The maximum Gasteiger partial charge on any atom is 0.258 e. The average molecular weight is 245 g/mol. The first kappa shape index (κ1) is 12.2. The number of ether oxygens (including phenoxy) is 1. The topological polar surface area (TPSA) is 71.1 Å². The van der Waals surface area contributed by atoms with Crippen LogP contribution in [0.25, 0.3) is 0 Å². The Morgan fingerprint density at radius 2 is 1.94 bits per heavy atom. The molecule has 1 aromatic carbocycles. The molecule has 0 aliphatic heterocycles. The van der Waals surface area contributed by atoms with Crippen LogP contribution in [0.1, 0.15) is 16.8 Å². The highest BCUT2D eigenvalue weighted by molar-refractivity contribution is 5.37. The Morgan fingerprint density at radius 3 is 2.56 bits per heavy atom. The molecule has 18 heavy (non-hydrogen) atoms. The van der Waals surface area contributed by atoms with Gasteiger partial charge in [0.2, 0.25) is 5.88 Å². The Morgan fingerprint density at radius 1 is 1.22 bits per heavy atom. The highest BCUT2D eigenvalue weighted by atomic mass is 16.5. The molecule has 1 aromatic heterocycles. The van der Waals surface area contributed by atoms with E-state index in [1.54, 1.807) is 13.0 Å². The second-order valence-corrected chi connectivity index (χ2v) is 4.24. The third-order valence-corrected chi connectivity index (χ3v) is 2.63. The molecule has 0 bridgehead atoms. The van der Waals surface area contributed by atoms with Crippen molar-refractivity contribution in [2.24, 2.45) is 0 Å². The van der Waals surface area contributed by atoms with Crippen molar-refractivity contribution in [3.8, 4) is 11.6 Å². The highest BCUT2D eigenvalue weighted by Gasteiger charge is 2.06. The zero-order chi connectivity index (χ0) is 13.3. The summed E-state index contributed by atoms with van der Waals surface area (Å²) in [6.45, 7) is 5.64. The molecular weight excluding hydrogens is 230 g/mol. The third kappa shape index (κ3) is 2.34. The van der Waals surface area contributed by atoms with Gasteiger partial charge in [0, 0.05) is 6.07 Å². The molecule has 0 saturated carbocycles. The number of aromatic nitrogens is 2. The van der Waals surface area contributed by atoms with Gasteiger partial charge in [0.05, 0.1) is 5.69 Å². The molecule has 0 unspecified atom stereocenters. The van der Waals surface area contributed by atoms with Gasteiger partial charge in [-0.15, -0.1) is 0 Å². The lowest BCUT2D eigenvalue weighted by atomic mass is 10.1. The first-order chi connectivity index (χ1) is 8.47. The number of aryl methyl sites for hydroxylation is 3. The van der Waals surface area contributed by atoms with Crippen molar-refractivity contribution in [3.05, 3.63) is 46.7 Å². The van der Waals surface area contributed by atoms with E-state index in [1.165, 1.54) is 0 Å². The lowest BCUT2D eigenvalue weighted by Crippen LogP contribution is -2.23. The first-order valence-electron chi connectivity index (χ1n) is 5.57. The number of hydrogen-bond acceptors (Lipinski definition) is 4. The van der Waals surface area contributed by atoms with Crippen molar-refractivity contribution < 1.29 is 9.94 Å². The summed E-state index contributed by atoms with van der Waals surface area (Å²) in [5.41, 5.74) is 2.40. The summed E-state index contributed by atoms with van der Waals surface area (Å²) >= 11 is 0. The summed E-state index contributed by atoms with van der Waals surface area (Å²) in [6, 6.07) is 7.41. The van der Waals surface area contributed by atoms with E-state index in [0.29, 0.717) is 22.1 Å². The van der Waals surface area contributed by atoms with Gasteiger partial charge in [-0.05, 0) is 32.4 Å². The van der Waals surface area contributed by atoms with Gasteiger partial charge >= 0.3 is 0 Å². The highest BCUT2D eigenvalue weighted by Crippen LogP contribution is 2.23. The molecule has 0 aliphatic rings. The predicted octanol–water partition coefficient (Wildman–Crippen LogP) is 2.32. The fourth-order valence-corrected chi connectivity index (χ4v) is 1.67. The molecule has 0 saturated heterocycles. The summed E-state index contributed by atoms with van der Waals surface area (Å²) in [7, 11) is 0. The Labute approximate surface area is 105 Å². The van der Waals surface area contributed by atoms with E-state index in [2.05, 4.69) is 4.98 Å². The van der Waals surface area contributed by atoms with E-state index < -0.39 is 0 Å². The van der Waals surface area contributed by atoms with Crippen molar-refractivity contribution in [1.82, 2.24) is 9.71 Å². The minimum atomic E-state index is -0.255. The number of benzene rings is 1. The van der Waals surface area contributed by atoms with E-state index in [4.69, 9.17) is 10.1 Å². The molecule has 2 N–H and O–H groups in total. The molecule has 0 fully saturated rings. The molecule has 5 heteroatoms. The quantitative estimate of drug-likeness (QED) is 0.797. The molecule has 94 valence electrons. The number of rotatable bonds is 2. The number of hydrogen-bond donors (Lipinski definition) is 2. The van der Waals surface area contributed by atoms with Gasteiger partial charge in [0.1, 0.15) is 5.75 Å². The first-order valence-corrected chi connectivity index (χ1v) is 5.57. The molecule has 5 nitrogen and oxygen atoms in total. The van der Waals surface area contributed by atoms with E-state index >= 15 is 0 Å². The van der Waals surface area contributed by atoms with Crippen LogP contribution in [-0.2, 0) is 0 Å². The summed E-state index contributed by atoms with van der Waals surface area (Å²) in [6.07, 6.45) is 0. The van der Waals surface area contributed by atoms with Gasteiger partial charge in [-0.3, -0.25) is 5.41 Å². The number of nitrogens with one attached hydrogen (secondary N) is 1. The summed E-state index contributed by atoms with van der Waals surface area (Å²) in [5.74, 6) is 0.998. The fourth-order valence-electron chi connectivity index (χ4n) is 1.67. The van der Waals surface area contributed by atoms with Gasteiger partial charge in [0.15, 0.2) is 0 Å². The lowest BCUT2D eigenvalue weighted by molar-refractivity contribution is 0.156. The van der Waals surface area contributed by atoms with E-state index in [1.807, 2.05) is 32.0 Å². The van der Waals surface area contributed by atoms with Crippen LogP contribution >= 0.6 is 0 Å². The van der Waals surface area contributed by atoms with Gasteiger partial charge in [-0.25, -0.2) is 0 Å². The van der Waals surface area contributed by atoms with Crippen molar-refractivity contribution in [2.75, 3.05) is 0 Å². The SMILES string of the molecule is Cc1ccc(Oc2cc(C)n(O)c(=N)n2)c(C)c1. The Kier molecular flexibility index (Phi) is 3.06.